The van der Waals surface area contributed by atoms with E-state index in [9.17, 15) is 0 Å². The van der Waals surface area contributed by atoms with E-state index < -0.39 is 0 Å². The summed E-state index contributed by atoms with van der Waals surface area (Å²) in [7, 11) is 0. The van der Waals surface area contributed by atoms with Crippen LogP contribution < -0.4 is 5.32 Å². The first-order valence-corrected chi connectivity index (χ1v) is 5.03. The molecule has 0 saturated heterocycles. The molecule has 0 aliphatic carbocycles. The molecule has 2 aromatic rings. The maximum absolute atomic E-state index is 4.25. The van der Waals surface area contributed by atoms with E-state index in [1.54, 1.807) is 0 Å². The Morgan fingerprint density at radius 1 is 1.50 bits per heavy atom. The van der Waals surface area contributed by atoms with Crippen LogP contribution in [0.3, 0.4) is 0 Å². The van der Waals surface area contributed by atoms with Gasteiger partial charge < -0.3 is 10.3 Å². The van der Waals surface area contributed by atoms with E-state index in [-0.39, 0.29) is 0 Å². The maximum atomic E-state index is 4.25. The van der Waals surface area contributed by atoms with Crippen molar-refractivity contribution in [2.75, 3.05) is 13.1 Å². The molecule has 0 radical (unpaired) electrons. The minimum Gasteiger partial charge on any atom is -0.346 e. The van der Waals surface area contributed by atoms with Crippen molar-refractivity contribution in [3.63, 3.8) is 0 Å². The highest BCUT2D eigenvalue weighted by Crippen LogP contribution is 2.15. The van der Waals surface area contributed by atoms with E-state index in [1.165, 1.54) is 10.9 Å². The fourth-order valence-electron chi connectivity index (χ4n) is 1.62. The third-order valence-electron chi connectivity index (χ3n) is 2.36. The largest absolute Gasteiger partial charge is 0.346 e. The molecule has 14 heavy (non-hydrogen) atoms. The normalized spacial score (nSPS) is 10.9. The molecular weight excluding hydrogens is 174 g/mol. The van der Waals surface area contributed by atoms with Gasteiger partial charge in [-0.2, -0.15) is 0 Å². The molecule has 0 bridgehead atoms. The predicted octanol–water partition coefficient (Wildman–Crippen LogP) is 1.71. The van der Waals surface area contributed by atoms with E-state index in [0.717, 1.165) is 25.2 Å². The quantitative estimate of drug-likeness (QED) is 0.719. The van der Waals surface area contributed by atoms with Crippen molar-refractivity contribution >= 4 is 11.0 Å². The molecule has 0 fully saturated rings. The van der Waals surface area contributed by atoms with E-state index >= 15 is 0 Å². The molecule has 74 valence electrons. The zero-order chi connectivity index (χ0) is 9.80. The number of likely N-dealkylation sites (N-methyl/N-ethyl adjacent to an activating group) is 1. The zero-order valence-corrected chi connectivity index (χ0v) is 8.38. The Kier molecular flexibility index (Phi) is 2.79. The van der Waals surface area contributed by atoms with Crippen LogP contribution in [0.2, 0.25) is 0 Å². The van der Waals surface area contributed by atoms with Gasteiger partial charge in [0.15, 0.2) is 0 Å². The van der Waals surface area contributed by atoms with Crippen LogP contribution in [0, 0.1) is 0 Å². The minimum absolute atomic E-state index is 0.985. The first kappa shape index (κ1) is 9.21. The fraction of sp³-hybridized carbons (Fsp3) is 0.364. The number of aromatic amines is 1. The molecule has 0 amide bonds. The summed E-state index contributed by atoms with van der Waals surface area (Å²) in [5, 5.41) is 4.56. The van der Waals surface area contributed by atoms with Crippen molar-refractivity contribution in [1.82, 2.24) is 15.3 Å². The molecule has 3 heteroatoms. The van der Waals surface area contributed by atoms with Crippen LogP contribution in [0.5, 0.6) is 0 Å². The molecule has 0 aromatic carbocycles. The van der Waals surface area contributed by atoms with Crippen LogP contribution in [-0.4, -0.2) is 23.1 Å². The Morgan fingerprint density at radius 2 is 2.43 bits per heavy atom. The molecule has 2 rings (SSSR count). The van der Waals surface area contributed by atoms with Crippen LogP contribution in [-0.2, 0) is 6.42 Å². The fourth-order valence-corrected chi connectivity index (χ4v) is 1.62. The number of hydrogen-bond acceptors (Lipinski definition) is 2. The van der Waals surface area contributed by atoms with Gasteiger partial charge >= 0.3 is 0 Å². The molecule has 3 nitrogen and oxygen atoms in total. The Morgan fingerprint density at radius 3 is 3.29 bits per heavy atom. The van der Waals surface area contributed by atoms with Gasteiger partial charge in [0.1, 0.15) is 5.65 Å². The Balaban J connectivity index is 2.17. The summed E-state index contributed by atoms with van der Waals surface area (Å²) in [5.74, 6) is 0. The first-order chi connectivity index (χ1) is 6.92. The van der Waals surface area contributed by atoms with Crippen LogP contribution in [0.15, 0.2) is 24.5 Å². The lowest BCUT2D eigenvalue weighted by molar-refractivity contribution is 0.718. The molecule has 2 heterocycles. The van der Waals surface area contributed by atoms with Crippen molar-refractivity contribution in [3.8, 4) is 0 Å². The van der Waals surface area contributed by atoms with Crippen molar-refractivity contribution in [1.29, 1.82) is 0 Å². The number of pyridine rings is 1. The third-order valence-corrected chi connectivity index (χ3v) is 2.36. The van der Waals surface area contributed by atoms with Crippen LogP contribution >= 0.6 is 0 Å². The average Bonchev–Trinajstić information content (AvgIpc) is 2.63. The molecular formula is C11H15N3. The molecule has 0 unspecified atom stereocenters. The van der Waals surface area contributed by atoms with E-state index in [2.05, 4.69) is 34.5 Å². The van der Waals surface area contributed by atoms with Crippen LogP contribution in [0.4, 0.5) is 0 Å². The van der Waals surface area contributed by atoms with Gasteiger partial charge in [-0.15, -0.1) is 0 Å². The second kappa shape index (κ2) is 4.24. The molecule has 0 atom stereocenters. The van der Waals surface area contributed by atoms with Crippen molar-refractivity contribution in [2.24, 2.45) is 0 Å². The summed E-state index contributed by atoms with van der Waals surface area (Å²) < 4.78 is 0. The van der Waals surface area contributed by atoms with E-state index in [1.807, 2.05) is 12.3 Å². The highest BCUT2D eigenvalue weighted by molar-refractivity contribution is 5.79. The van der Waals surface area contributed by atoms with Crippen molar-refractivity contribution in [2.45, 2.75) is 13.3 Å². The summed E-state index contributed by atoms with van der Waals surface area (Å²) in [6, 6.07) is 4.09. The number of nitrogens with one attached hydrogen (secondary N) is 2. The SMILES string of the molecule is CCNCCc1c[nH]c2ncccc12. The second-order valence-corrected chi connectivity index (χ2v) is 3.32. The smallest absolute Gasteiger partial charge is 0.137 e. The summed E-state index contributed by atoms with van der Waals surface area (Å²) >= 11 is 0. The minimum atomic E-state index is 0.985. The van der Waals surface area contributed by atoms with Crippen LogP contribution in [0.25, 0.3) is 11.0 Å². The van der Waals surface area contributed by atoms with Crippen molar-refractivity contribution < 1.29 is 0 Å². The van der Waals surface area contributed by atoms with Gasteiger partial charge in [-0.25, -0.2) is 4.98 Å². The first-order valence-electron chi connectivity index (χ1n) is 5.03. The summed E-state index contributed by atoms with van der Waals surface area (Å²) in [5.41, 5.74) is 2.33. The Labute approximate surface area is 83.6 Å². The van der Waals surface area contributed by atoms with Gasteiger partial charge in [0.05, 0.1) is 0 Å². The molecule has 0 aliphatic heterocycles. The van der Waals surface area contributed by atoms with E-state index in [4.69, 9.17) is 0 Å². The van der Waals surface area contributed by atoms with E-state index in [0.29, 0.717) is 0 Å². The predicted molar refractivity (Wildman–Crippen MR) is 58.3 cm³/mol. The summed E-state index contributed by atoms with van der Waals surface area (Å²) in [6.45, 7) is 4.18. The lowest BCUT2D eigenvalue weighted by Gasteiger charge is -1.99. The molecule has 0 saturated carbocycles. The standard InChI is InChI=1S/C11H15N3/c1-2-12-7-5-9-8-14-11-10(9)4-3-6-13-11/h3-4,6,8,12H,2,5,7H2,1H3,(H,13,14). The Bertz CT molecular complexity index is 406. The topological polar surface area (TPSA) is 40.7 Å². The highest BCUT2D eigenvalue weighted by atomic mass is 14.9. The average molecular weight is 189 g/mol. The number of hydrogen-bond donors (Lipinski definition) is 2. The number of H-pyrrole nitrogens is 1. The lowest BCUT2D eigenvalue weighted by atomic mass is 10.1. The van der Waals surface area contributed by atoms with Gasteiger partial charge in [0.2, 0.25) is 0 Å². The molecule has 2 N–H and O–H groups in total. The highest BCUT2D eigenvalue weighted by Gasteiger charge is 2.02. The lowest BCUT2D eigenvalue weighted by Crippen LogP contribution is -2.15. The number of fused-ring (bicyclic) bond motifs is 1. The summed E-state index contributed by atoms with van der Waals surface area (Å²) in [6.07, 6.45) is 4.92. The van der Waals surface area contributed by atoms with Crippen molar-refractivity contribution in [3.05, 3.63) is 30.1 Å². The van der Waals surface area contributed by atoms with Crippen LogP contribution in [0.1, 0.15) is 12.5 Å². The number of nitrogens with zero attached hydrogens (tertiary/aromatic N) is 1. The number of aromatic nitrogens is 2. The third kappa shape index (κ3) is 1.77. The van der Waals surface area contributed by atoms with Gasteiger partial charge in [-0.05, 0) is 37.2 Å². The second-order valence-electron chi connectivity index (χ2n) is 3.32. The monoisotopic (exact) mass is 189 g/mol. The van der Waals surface area contributed by atoms with Gasteiger partial charge in [0.25, 0.3) is 0 Å². The maximum Gasteiger partial charge on any atom is 0.137 e. The zero-order valence-electron chi connectivity index (χ0n) is 8.38. The van der Waals surface area contributed by atoms with Gasteiger partial charge in [-0.1, -0.05) is 6.92 Å². The molecule has 0 spiro atoms. The molecule has 2 aromatic heterocycles. The van der Waals surface area contributed by atoms with Gasteiger partial charge in [-0.3, -0.25) is 0 Å². The Hall–Kier alpha value is -1.35. The van der Waals surface area contributed by atoms with Gasteiger partial charge in [0, 0.05) is 17.8 Å². The summed E-state index contributed by atoms with van der Waals surface area (Å²) in [4.78, 5) is 7.43. The number of rotatable bonds is 4. The molecule has 0 aliphatic rings.